The van der Waals surface area contributed by atoms with Crippen LogP contribution < -0.4 is 4.74 Å². The number of aliphatic carboxylic acids is 1. The minimum Gasteiger partial charge on any atom is -0.482 e. The Morgan fingerprint density at radius 3 is 3.00 bits per heavy atom. The minimum atomic E-state index is -0.978. The minimum absolute atomic E-state index is 0.320. The number of aromatic nitrogens is 1. The molecule has 0 radical (unpaired) electrons. The molecule has 1 heterocycles. The van der Waals surface area contributed by atoms with Crippen molar-refractivity contribution in [2.75, 3.05) is 6.61 Å². The van der Waals surface area contributed by atoms with Crippen LogP contribution in [0, 0.1) is 0 Å². The summed E-state index contributed by atoms with van der Waals surface area (Å²) in [5.41, 5.74) is 1.11. The van der Waals surface area contributed by atoms with Gasteiger partial charge in [0.25, 0.3) is 0 Å². The van der Waals surface area contributed by atoms with Crippen molar-refractivity contribution in [1.82, 2.24) is 4.98 Å². The normalized spacial score (nSPS) is 10.3. The summed E-state index contributed by atoms with van der Waals surface area (Å²) < 4.78 is 10.3. The Bertz CT molecular complexity index is 522. The predicted octanol–water partition coefficient (Wildman–Crippen LogP) is 2.31. The van der Waals surface area contributed by atoms with Gasteiger partial charge in [0.2, 0.25) is 0 Å². The number of ether oxygens (including phenoxy) is 1. The standard InChI is InChI=1S/C14H15NO4/c16-14(17)10-19-12-5-1-3-11(9-12)4-2-6-13-15-7-8-18-13/h1,3,5,7-9H,2,4,6,10H2,(H,16,17). The summed E-state index contributed by atoms with van der Waals surface area (Å²) in [6.07, 6.45) is 5.77. The molecule has 0 aliphatic carbocycles. The van der Waals surface area contributed by atoms with Crippen molar-refractivity contribution in [3.8, 4) is 5.75 Å². The van der Waals surface area contributed by atoms with Gasteiger partial charge in [-0.15, -0.1) is 0 Å². The number of hydrogen-bond donors (Lipinski definition) is 1. The molecule has 0 aliphatic rings. The fraction of sp³-hybridized carbons (Fsp3) is 0.286. The van der Waals surface area contributed by atoms with E-state index >= 15 is 0 Å². The molecule has 1 aromatic heterocycles. The molecule has 5 nitrogen and oxygen atoms in total. The molecular formula is C14H15NO4. The van der Waals surface area contributed by atoms with E-state index in [4.69, 9.17) is 14.3 Å². The van der Waals surface area contributed by atoms with E-state index in [1.165, 1.54) is 0 Å². The molecule has 0 amide bonds. The van der Waals surface area contributed by atoms with Gasteiger partial charge >= 0.3 is 5.97 Å². The second-order valence-electron chi connectivity index (χ2n) is 4.11. The van der Waals surface area contributed by atoms with Crippen molar-refractivity contribution in [2.24, 2.45) is 0 Å². The lowest BCUT2D eigenvalue weighted by molar-refractivity contribution is -0.139. The monoisotopic (exact) mass is 261 g/mol. The lowest BCUT2D eigenvalue weighted by Crippen LogP contribution is -2.09. The van der Waals surface area contributed by atoms with Gasteiger partial charge in [-0.1, -0.05) is 12.1 Å². The Hall–Kier alpha value is -2.30. The van der Waals surface area contributed by atoms with Crippen LogP contribution in [0.5, 0.6) is 5.75 Å². The molecule has 2 rings (SSSR count). The highest BCUT2D eigenvalue weighted by atomic mass is 16.5. The first-order chi connectivity index (χ1) is 9.24. The summed E-state index contributed by atoms with van der Waals surface area (Å²) in [6.45, 7) is -0.320. The van der Waals surface area contributed by atoms with E-state index in [0.29, 0.717) is 5.75 Å². The number of benzene rings is 1. The first-order valence-electron chi connectivity index (χ1n) is 6.06. The van der Waals surface area contributed by atoms with Gasteiger partial charge in [0.15, 0.2) is 12.5 Å². The van der Waals surface area contributed by atoms with Gasteiger partial charge in [-0.2, -0.15) is 0 Å². The first kappa shape index (κ1) is 13.1. The molecule has 2 aromatic rings. The molecule has 0 fully saturated rings. The Labute approximate surface area is 110 Å². The first-order valence-corrected chi connectivity index (χ1v) is 6.06. The fourth-order valence-corrected chi connectivity index (χ4v) is 1.76. The number of carboxylic acids is 1. The van der Waals surface area contributed by atoms with Crippen molar-refractivity contribution in [1.29, 1.82) is 0 Å². The van der Waals surface area contributed by atoms with Gasteiger partial charge < -0.3 is 14.3 Å². The zero-order chi connectivity index (χ0) is 13.5. The van der Waals surface area contributed by atoms with E-state index in [2.05, 4.69) is 4.98 Å². The average molecular weight is 261 g/mol. The van der Waals surface area contributed by atoms with Gasteiger partial charge in [-0.25, -0.2) is 9.78 Å². The van der Waals surface area contributed by atoms with Crippen LogP contribution in [-0.2, 0) is 17.6 Å². The number of nitrogens with zero attached hydrogens (tertiary/aromatic N) is 1. The molecule has 0 aliphatic heterocycles. The zero-order valence-electron chi connectivity index (χ0n) is 10.4. The maximum absolute atomic E-state index is 10.4. The van der Waals surface area contributed by atoms with Gasteiger partial charge in [0.1, 0.15) is 12.0 Å². The van der Waals surface area contributed by atoms with Crippen molar-refractivity contribution in [2.45, 2.75) is 19.3 Å². The van der Waals surface area contributed by atoms with E-state index in [9.17, 15) is 4.79 Å². The third-order valence-corrected chi connectivity index (χ3v) is 2.60. The van der Waals surface area contributed by atoms with Crippen molar-refractivity contribution >= 4 is 5.97 Å². The number of oxazole rings is 1. The summed E-state index contributed by atoms with van der Waals surface area (Å²) in [5.74, 6) is 0.337. The molecule has 0 spiro atoms. The number of aryl methyl sites for hydroxylation is 2. The van der Waals surface area contributed by atoms with Crippen LogP contribution in [0.3, 0.4) is 0 Å². The molecule has 0 saturated carbocycles. The maximum atomic E-state index is 10.4. The molecule has 1 aromatic carbocycles. The van der Waals surface area contributed by atoms with Crippen LogP contribution in [0.4, 0.5) is 0 Å². The topological polar surface area (TPSA) is 72.6 Å². The maximum Gasteiger partial charge on any atom is 0.341 e. The molecule has 0 unspecified atom stereocenters. The van der Waals surface area contributed by atoms with Crippen molar-refractivity contribution in [3.05, 3.63) is 48.2 Å². The lowest BCUT2D eigenvalue weighted by Gasteiger charge is -2.05. The second kappa shape index (κ2) is 6.58. The summed E-state index contributed by atoms with van der Waals surface area (Å²) >= 11 is 0. The molecule has 0 saturated heterocycles. The molecule has 19 heavy (non-hydrogen) atoms. The number of carboxylic acid groups (broad SMARTS) is 1. The van der Waals surface area contributed by atoms with Gasteiger partial charge in [-0.3, -0.25) is 0 Å². The Balaban J connectivity index is 1.82. The Morgan fingerprint density at radius 2 is 2.26 bits per heavy atom. The molecule has 0 bridgehead atoms. The lowest BCUT2D eigenvalue weighted by atomic mass is 10.1. The van der Waals surface area contributed by atoms with Gasteiger partial charge in [-0.05, 0) is 30.5 Å². The van der Waals surface area contributed by atoms with Crippen molar-refractivity contribution < 1.29 is 19.1 Å². The van der Waals surface area contributed by atoms with Crippen LogP contribution in [0.1, 0.15) is 17.9 Å². The van der Waals surface area contributed by atoms with E-state index in [-0.39, 0.29) is 6.61 Å². The SMILES string of the molecule is O=C(O)COc1cccc(CCCc2ncco2)c1. The summed E-state index contributed by atoms with van der Waals surface area (Å²) in [7, 11) is 0. The van der Waals surface area contributed by atoms with Crippen LogP contribution in [0.25, 0.3) is 0 Å². The summed E-state index contributed by atoms with van der Waals surface area (Å²) in [5, 5.41) is 8.55. The van der Waals surface area contributed by atoms with E-state index < -0.39 is 5.97 Å². The average Bonchev–Trinajstić information content (AvgIpc) is 2.90. The highest BCUT2D eigenvalue weighted by Gasteiger charge is 2.02. The fourth-order valence-electron chi connectivity index (χ4n) is 1.76. The highest BCUT2D eigenvalue weighted by molar-refractivity contribution is 5.68. The Morgan fingerprint density at radius 1 is 1.37 bits per heavy atom. The molecular weight excluding hydrogens is 246 g/mol. The molecule has 100 valence electrons. The number of rotatable bonds is 7. The van der Waals surface area contributed by atoms with Crippen LogP contribution in [0.15, 0.2) is 41.1 Å². The summed E-state index contributed by atoms with van der Waals surface area (Å²) in [6, 6.07) is 7.46. The zero-order valence-corrected chi connectivity index (χ0v) is 10.4. The van der Waals surface area contributed by atoms with Gasteiger partial charge in [0, 0.05) is 6.42 Å². The van der Waals surface area contributed by atoms with Gasteiger partial charge in [0.05, 0.1) is 6.20 Å². The molecule has 0 atom stereocenters. The van der Waals surface area contributed by atoms with E-state index in [0.717, 1.165) is 30.7 Å². The highest BCUT2D eigenvalue weighted by Crippen LogP contribution is 2.15. The second-order valence-corrected chi connectivity index (χ2v) is 4.11. The predicted molar refractivity (Wildman–Crippen MR) is 68.1 cm³/mol. The third-order valence-electron chi connectivity index (χ3n) is 2.60. The quantitative estimate of drug-likeness (QED) is 0.828. The molecule has 5 heteroatoms. The Kier molecular flexibility index (Phi) is 4.55. The van der Waals surface area contributed by atoms with Crippen LogP contribution in [0.2, 0.25) is 0 Å². The third kappa shape index (κ3) is 4.46. The van der Waals surface area contributed by atoms with E-state index in [1.807, 2.05) is 18.2 Å². The molecule has 1 N–H and O–H groups in total. The largest absolute Gasteiger partial charge is 0.482 e. The van der Waals surface area contributed by atoms with Crippen molar-refractivity contribution in [3.63, 3.8) is 0 Å². The van der Waals surface area contributed by atoms with E-state index in [1.54, 1.807) is 18.5 Å². The smallest absolute Gasteiger partial charge is 0.341 e. The number of hydrogen-bond acceptors (Lipinski definition) is 4. The van der Waals surface area contributed by atoms with Crippen LogP contribution in [-0.4, -0.2) is 22.7 Å². The summed E-state index contributed by atoms with van der Waals surface area (Å²) in [4.78, 5) is 14.5. The van der Waals surface area contributed by atoms with Crippen LogP contribution >= 0.6 is 0 Å². The number of carbonyl (C=O) groups is 1.